The van der Waals surface area contributed by atoms with E-state index in [2.05, 4.69) is 20.7 Å². The Morgan fingerprint density at radius 3 is 2.66 bits per heavy atom. The van der Waals surface area contributed by atoms with E-state index in [0.717, 1.165) is 29.2 Å². The van der Waals surface area contributed by atoms with Crippen molar-refractivity contribution in [3.05, 3.63) is 89.9 Å². The fourth-order valence-electron chi connectivity index (χ4n) is 4.60. The van der Waals surface area contributed by atoms with Crippen LogP contribution in [0, 0.1) is 23.0 Å². The molecule has 0 fully saturated rings. The first-order valence-electron chi connectivity index (χ1n) is 11.2. The van der Waals surface area contributed by atoms with Crippen LogP contribution in [-0.4, -0.2) is 46.9 Å². The Bertz CT molecular complexity index is 1380. The largest absolute Gasteiger partial charge is 0.381 e. The lowest BCUT2D eigenvalue weighted by Gasteiger charge is -2.42. The van der Waals surface area contributed by atoms with E-state index in [1.165, 1.54) is 23.4 Å². The molecule has 4 aromatic rings. The summed E-state index contributed by atoms with van der Waals surface area (Å²) in [6, 6.07) is 12.0. The molecular formula is C25H23F2N7O. The highest BCUT2D eigenvalue weighted by Crippen LogP contribution is 2.34. The highest BCUT2D eigenvalue weighted by Gasteiger charge is 2.43. The average Bonchev–Trinajstić information content (AvgIpc) is 3.52. The van der Waals surface area contributed by atoms with Gasteiger partial charge in [-0.05, 0) is 25.1 Å². The molecule has 0 unspecified atom stereocenters. The number of aliphatic hydroxyl groups is 1. The van der Waals surface area contributed by atoms with Crippen LogP contribution in [0.15, 0.2) is 61.3 Å². The third kappa shape index (κ3) is 4.32. The standard InChI is InChI=1S/C25H23F2N7O/c1-17(25(35,14-34-16-29-15-30-34)21-7-6-20(26)10-22(21)27)32-8-9-33-12-23(31-24(33)13-32)19-4-2-18(11-28)3-5-19/h2-7,10,12,15-17,35H,8-9,13-14H2,1H3/t17-,25-/m1/s1. The van der Waals surface area contributed by atoms with Crippen LogP contribution < -0.4 is 0 Å². The molecule has 8 nitrogen and oxygen atoms in total. The highest BCUT2D eigenvalue weighted by atomic mass is 19.1. The zero-order valence-corrected chi connectivity index (χ0v) is 19.0. The van der Waals surface area contributed by atoms with Crippen LogP contribution in [0.4, 0.5) is 8.78 Å². The van der Waals surface area contributed by atoms with Gasteiger partial charge in [0.1, 0.15) is 35.7 Å². The molecule has 1 aliphatic rings. The average molecular weight is 476 g/mol. The SMILES string of the molecule is C[C@@H](N1CCn2cc(-c3ccc(C#N)cc3)nc2C1)[C@](O)(Cn1cncn1)c1ccc(F)cc1F. The Hall–Kier alpha value is -3.94. The van der Waals surface area contributed by atoms with Crippen LogP contribution in [0.1, 0.15) is 23.9 Å². The van der Waals surface area contributed by atoms with E-state index in [-0.39, 0.29) is 12.1 Å². The van der Waals surface area contributed by atoms with Gasteiger partial charge in [0.25, 0.3) is 0 Å². The van der Waals surface area contributed by atoms with E-state index < -0.39 is 23.3 Å². The van der Waals surface area contributed by atoms with Gasteiger partial charge in [-0.3, -0.25) is 4.90 Å². The maximum Gasteiger partial charge on any atom is 0.137 e. The molecule has 0 bridgehead atoms. The summed E-state index contributed by atoms with van der Waals surface area (Å²) < 4.78 is 32.0. The Morgan fingerprint density at radius 1 is 1.17 bits per heavy atom. The molecule has 0 spiro atoms. The van der Waals surface area contributed by atoms with Gasteiger partial charge in [-0.25, -0.2) is 23.4 Å². The zero-order valence-electron chi connectivity index (χ0n) is 19.0. The van der Waals surface area contributed by atoms with Crippen LogP contribution in [0.25, 0.3) is 11.3 Å². The molecule has 0 saturated carbocycles. The second kappa shape index (κ2) is 9.02. The van der Waals surface area contributed by atoms with Crippen molar-refractivity contribution >= 4 is 0 Å². The number of halogens is 2. The van der Waals surface area contributed by atoms with Crippen molar-refractivity contribution in [1.82, 2.24) is 29.2 Å². The van der Waals surface area contributed by atoms with Crippen molar-refractivity contribution in [2.75, 3.05) is 6.54 Å². The predicted octanol–water partition coefficient (Wildman–Crippen LogP) is 3.08. The molecule has 2 aromatic carbocycles. The number of fused-ring (bicyclic) bond motifs is 1. The van der Waals surface area contributed by atoms with Crippen LogP contribution in [-0.2, 0) is 25.2 Å². The summed E-state index contributed by atoms with van der Waals surface area (Å²) >= 11 is 0. The Balaban J connectivity index is 1.44. The van der Waals surface area contributed by atoms with E-state index in [9.17, 15) is 13.9 Å². The maximum atomic E-state index is 14.9. The fraction of sp³-hybridized carbons (Fsp3) is 0.280. The number of nitriles is 1. The summed E-state index contributed by atoms with van der Waals surface area (Å²) in [5.74, 6) is -0.719. The number of benzene rings is 2. The van der Waals surface area contributed by atoms with Gasteiger partial charge in [0.15, 0.2) is 0 Å². The van der Waals surface area contributed by atoms with Crippen LogP contribution in [0.2, 0.25) is 0 Å². The lowest BCUT2D eigenvalue weighted by molar-refractivity contribution is -0.0709. The Labute approximate surface area is 200 Å². The van der Waals surface area contributed by atoms with Crippen LogP contribution in [0.5, 0.6) is 0 Å². The molecule has 10 heteroatoms. The van der Waals surface area contributed by atoms with Crippen molar-refractivity contribution in [3.8, 4) is 17.3 Å². The van der Waals surface area contributed by atoms with Gasteiger partial charge in [-0.1, -0.05) is 18.2 Å². The van der Waals surface area contributed by atoms with E-state index >= 15 is 0 Å². The zero-order chi connectivity index (χ0) is 24.6. The van der Waals surface area contributed by atoms with Crippen molar-refractivity contribution in [3.63, 3.8) is 0 Å². The first-order valence-corrected chi connectivity index (χ1v) is 11.2. The minimum Gasteiger partial charge on any atom is -0.381 e. The summed E-state index contributed by atoms with van der Waals surface area (Å²) in [6.07, 6.45) is 4.76. The molecule has 178 valence electrons. The smallest absolute Gasteiger partial charge is 0.137 e. The Morgan fingerprint density at radius 2 is 1.97 bits per heavy atom. The summed E-state index contributed by atoms with van der Waals surface area (Å²) in [5, 5.41) is 25.0. The number of aromatic nitrogens is 5. The first-order chi connectivity index (χ1) is 16.9. The second-order valence-corrected chi connectivity index (χ2v) is 8.71. The topological polar surface area (TPSA) is 95.8 Å². The van der Waals surface area contributed by atoms with E-state index in [1.54, 1.807) is 12.1 Å². The molecular weight excluding hydrogens is 452 g/mol. The minimum absolute atomic E-state index is 0.00548. The lowest BCUT2D eigenvalue weighted by Crippen LogP contribution is -2.53. The normalized spacial score (nSPS) is 16.3. The monoisotopic (exact) mass is 475 g/mol. The highest BCUT2D eigenvalue weighted by molar-refractivity contribution is 5.60. The van der Waals surface area contributed by atoms with Crippen LogP contribution >= 0.6 is 0 Å². The van der Waals surface area contributed by atoms with Gasteiger partial charge in [-0.15, -0.1) is 0 Å². The van der Waals surface area contributed by atoms with E-state index in [1.807, 2.05) is 30.2 Å². The minimum atomic E-state index is -1.71. The summed E-state index contributed by atoms with van der Waals surface area (Å²) in [4.78, 5) is 10.7. The maximum absolute atomic E-state index is 14.9. The van der Waals surface area contributed by atoms with Gasteiger partial charge >= 0.3 is 0 Å². The molecule has 0 amide bonds. The quantitative estimate of drug-likeness (QED) is 0.461. The van der Waals surface area contributed by atoms with Gasteiger partial charge in [0, 0.05) is 42.5 Å². The first kappa shape index (κ1) is 22.8. The van der Waals surface area contributed by atoms with Crippen molar-refractivity contribution in [2.24, 2.45) is 0 Å². The van der Waals surface area contributed by atoms with Gasteiger partial charge < -0.3 is 9.67 Å². The number of rotatable bonds is 6. The van der Waals surface area contributed by atoms with Crippen molar-refractivity contribution < 1.29 is 13.9 Å². The molecule has 0 radical (unpaired) electrons. The number of imidazole rings is 1. The number of hydrogen-bond donors (Lipinski definition) is 1. The molecule has 1 N–H and O–H groups in total. The molecule has 2 atom stereocenters. The second-order valence-electron chi connectivity index (χ2n) is 8.71. The van der Waals surface area contributed by atoms with Crippen molar-refractivity contribution in [1.29, 1.82) is 5.26 Å². The van der Waals surface area contributed by atoms with E-state index in [0.29, 0.717) is 25.2 Å². The molecule has 35 heavy (non-hydrogen) atoms. The summed E-state index contributed by atoms with van der Waals surface area (Å²) in [5.41, 5.74) is 0.561. The van der Waals surface area contributed by atoms with E-state index in [4.69, 9.17) is 10.2 Å². The predicted molar refractivity (Wildman–Crippen MR) is 123 cm³/mol. The molecule has 0 aliphatic carbocycles. The third-order valence-corrected chi connectivity index (χ3v) is 6.65. The number of nitrogens with zero attached hydrogens (tertiary/aromatic N) is 7. The van der Waals surface area contributed by atoms with Gasteiger partial charge in [-0.2, -0.15) is 10.4 Å². The Kier molecular flexibility index (Phi) is 5.88. The van der Waals surface area contributed by atoms with Gasteiger partial charge in [0.2, 0.25) is 0 Å². The van der Waals surface area contributed by atoms with Crippen LogP contribution in [0.3, 0.4) is 0 Å². The van der Waals surface area contributed by atoms with Crippen molar-refractivity contribution in [2.45, 2.75) is 38.2 Å². The summed E-state index contributed by atoms with van der Waals surface area (Å²) in [7, 11) is 0. The fourth-order valence-corrected chi connectivity index (χ4v) is 4.60. The summed E-state index contributed by atoms with van der Waals surface area (Å²) in [6.45, 7) is 3.42. The molecule has 5 rings (SSSR count). The lowest BCUT2D eigenvalue weighted by atomic mass is 9.85. The molecule has 1 aliphatic heterocycles. The number of hydrogen-bond acceptors (Lipinski definition) is 6. The molecule has 0 saturated heterocycles. The molecule has 3 heterocycles. The third-order valence-electron chi connectivity index (χ3n) is 6.65. The van der Waals surface area contributed by atoms with Gasteiger partial charge in [0.05, 0.1) is 30.4 Å². The molecule has 2 aromatic heterocycles.